The second-order valence-corrected chi connectivity index (χ2v) is 9.47. The van der Waals surface area contributed by atoms with E-state index >= 15 is 0 Å². The average Bonchev–Trinajstić information content (AvgIpc) is 2.79. The number of methoxy groups -OCH3 is 2. The minimum absolute atomic E-state index is 0.0766. The predicted molar refractivity (Wildman–Crippen MR) is 129 cm³/mol. The zero-order valence-corrected chi connectivity index (χ0v) is 20.0. The molecule has 0 aliphatic heterocycles. The molecule has 0 aliphatic rings. The summed E-state index contributed by atoms with van der Waals surface area (Å²) >= 11 is 6.11. The van der Waals surface area contributed by atoms with Crippen LogP contribution in [0.3, 0.4) is 0 Å². The lowest BCUT2D eigenvalue weighted by Crippen LogP contribution is -2.45. The summed E-state index contributed by atoms with van der Waals surface area (Å²) in [5.74, 6) is 0.295. The van der Waals surface area contributed by atoms with E-state index in [9.17, 15) is 13.2 Å². The molecule has 0 bridgehead atoms. The molecule has 9 heteroatoms. The molecule has 0 heterocycles. The summed E-state index contributed by atoms with van der Waals surface area (Å²) in [5.41, 5.74) is 2.16. The zero-order valence-electron chi connectivity index (χ0n) is 18.5. The van der Waals surface area contributed by atoms with Crippen molar-refractivity contribution in [2.75, 3.05) is 19.5 Å². The molecular formula is C24H25ClN2O5S. The lowest BCUT2D eigenvalue weighted by Gasteiger charge is -2.20. The minimum Gasteiger partial charge on any atom is -0.495 e. The van der Waals surface area contributed by atoms with E-state index < -0.39 is 22.0 Å². The number of carbonyl (C=O) groups excluding carboxylic acids is 1. The van der Waals surface area contributed by atoms with Crippen LogP contribution in [-0.4, -0.2) is 34.6 Å². The van der Waals surface area contributed by atoms with Crippen molar-refractivity contribution in [1.82, 2.24) is 4.72 Å². The standard InChI is InChI=1S/C24H25ClN2O5S/c1-16-9-11-23(32-3)20(13-16)26-24(28)21(14-17-7-5-4-6-8-17)27-33(29,30)18-10-12-22(31-2)19(25)15-18/h4-13,15,21,27H,14H2,1-3H3,(H,26,28)/t21-/m1/s1. The molecule has 1 atom stereocenters. The summed E-state index contributed by atoms with van der Waals surface area (Å²) in [6.07, 6.45) is 0.143. The van der Waals surface area contributed by atoms with Crippen molar-refractivity contribution in [3.63, 3.8) is 0 Å². The van der Waals surface area contributed by atoms with E-state index in [1.165, 1.54) is 32.4 Å². The van der Waals surface area contributed by atoms with Crippen molar-refractivity contribution in [2.24, 2.45) is 0 Å². The monoisotopic (exact) mass is 488 g/mol. The first-order valence-corrected chi connectivity index (χ1v) is 11.9. The van der Waals surface area contributed by atoms with Gasteiger partial charge in [-0.1, -0.05) is 48.0 Å². The largest absolute Gasteiger partial charge is 0.495 e. The summed E-state index contributed by atoms with van der Waals surface area (Å²) < 4.78 is 39.1. The Balaban J connectivity index is 1.92. The Morgan fingerprint density at radius 3 is 2.27 bits per heavy atom. The minimum atomic E-state index is -4.07. The maximum absolute atomic E-state index is 13.2. The van der Waals surface area contributed by atoms with E-state index in [0.717, 1.165) is 11.1 Å². The van der Waals surface area contributed by atoms with Crippen LogP contribution in [0.2, 0.25) is 5.02 Å². The molecule has 0 spiro atoms. The highest BCUT2D eigenvalue weighted by atomic mass is 35.5. The number of aryl methyl sites for hydroxylation is 1. The summed E-state index contributed by atoms with van der Waals surface area (Å²) in [5, 5.41) is 2.94. The molecule has 1 amide bonds. The van der Waals surface area contributed by atoms with Crippen molar-refractivity contribution in [1.29, 1.82) is 0 Å². The van der Waals surface area contributed by atoms with Crippen molar-refractivity contribution in [3.8, 4) is 11.5 Å². The number of amides is 1. The Labute approximate surface area is 198 Å². The SMILES string of the molecule is COc1ccc(S(=O)(=O)N[C@H](Cc2ccccc2)C(=O)Nc2cc(C)ccc2OC)cc1Cl. The fourth-order valence-electron chi connectivity index (χ4n) is 3.25. The second-order valence-electron chi connectivity index (χ2n) is 7.35. The number of rotatable bonds is 9. The molecule has 33 heavy (non-hydrogen) atoms. The number of ether oxygens (including phenoxy) is 2. The van der Waals surface area contributed by atoms with E-state index in [-0.39, 0.29) is 16.3 Å². The Kier molecular flexibility index (Phi) is 7.97. The van der Waals surface area contributed by atoms with Crippen LogP contribution in [-0.2, 0) is 21.2 Å². The van der Waals surface area contributed by atoms with Crippen LogP contribution in [0, 0.1) is 6.92 Å². The first-order valence-electron chi connectivity index (χ1n) is 10.1. The van der Waals surface area contributed by atoms with Gasteiger partial charge < -0.3 is 14.8 Å². The number of hydrogen-bond acceptors (Lipinski definition) is 5. The van der Waals surface area contributed by atoms with Crippen LogP contribution in [0.5, 0.6) is 11.5 Å². The number of hydrogen-bond donors (Lipinski definition) is 2. The molecule has 0 saturated heterocycles. The average molecular weight is 489 g/mol. The number of benzene rings is 3. The Bertz CT molecular complexity index is 1230. The topological polar surface area (TPSA) is 93.7 Å². The van der Waals surface area contributed by atoms with Gasteiger partial charge in [-0.15, -0.1) is 0 Å². The summed E-state index contributed by atoms with van der Waals surface area (Å²) in [4.78, 5) is 13.2. The Hall–Kier alpha value is -3.07. The van der Waals surface area contributed by atoms with Gasteiger partial charge in [-0.2, -0.15) is 4.72 Å². The fraction of sp³-hybridized carbons (Fsp3) is 0.208. The number of nitrogens with one attached hydrogen (secondary N) is 2. The van der Waals surface area contributed by atoms with Gasteiger partial charge in [0.2, 0.25) is 15.9 Å². The third kappa shape index (κ3) is 6.25. The molecule has 0 fully saturated rings. The maximum Gasteiger partial charge on any atom is 0.243 e. The van der Waals surface area contributed by atoms with Gasteiger partial charge in [-0.25, -0.2) is 8.42 Å². The summed E-state index contributed by atoms with van der Waals surface area (Å²) in [6.45, 7) is 1.88. The van der Waals surface area contributed by atoms with Gasteiger partial charge in [0.15, 0.2) is 0 Å². The quantitative estimate of drug-likeness (QED) is 0.471. The molecule has 0 saturated carbocycles. The van der Waals surface area contributed by atoms with Crippen LogP contribution in [0.15, 0.2) is 71.6 Å². The predicted octanol–water partition coefficient (Wildman–Crippen LogP) is 4.19. The van der Waals surface area contributed by atoms with Gasteiger partial charge >= 0.3 is 0 Å². The summed E-state index contributed by atoms with van der Waals surface area (Å²) in [6, 6.07) is 17.5. The van der Waals surface area contributed by atoms with Gasteiger partial charge in [0.1, 0.15) is 17.5 Å². The molecule has 2 N–H and O–H groups in total. The van der Waals surface area contributed by atoms with E-state index in [1.807, 2.05) is 43.3 Å². The van der Waals surface area contributed by atoms with Gasteiger partial charge in [0, 0.05) is 0 Å². The lowest BCUT2D eigenvalue weighted by molar-refractivity contribution is -0.117. The number of halogens is 1. The van der Waals surface area contributed by atoms with Gasteiger partial charge in [-0.3, -0.25) is 4.79 Å². The first-order chi connectivity index (χ1) is 15.7. The van der Waals surface area contributed by atoms with E-state index in [1.54, 1.807) is 12.1 Å². The van der Waals surface area contributed by atoms with Crippen LogP contribution in [0.25, 0.3) is 0 Å². The molecule has 3 rings (SSSR count). The Morgan fingerprint density at radius 1 is 0.970 bits per heavy atom. The van der Waals surface area contributed by atoms with E-state index in [2.05, 4.69) is 10.0 Å². The number of sulfonamides is 1. The van der Waals surface area contributed by atoms with Crippen LogP contribution in [0.4, 0.5) is 5.69 Å². The molecule has 0 aliphatic carbocycles. The Morgan fingerprint density at radius 2 is 1.64 bits per heavy atom. The van der Waals surface area contributed by atoms with Crippen molar-refractivity contribution in [2.45, 2.75) is 24.3 Å². The van der Waals surface area contributed by atoms with Crippen LogP contribution < -0.4 is 19.5 Å². The molecular weight excluding hydrogens is 464 g/mol. The zero-order chi connectivity index (χ0) is 24.0. The second kappa shape index (κ2) is 10.7. The van der Waals surface area contributed by atoms with Crippen LogP contribution in [0.1, 0.15) is 11.1 Å². The molecule has 3 aromatic carbocycles. The molecule has 0 radical (unpaired) electrons. The fourth-order valence-corrected chi connectivity index (χ4v) is 4.79. The highest BCUT2D eigenvalue weighted by molar-refractivity contribution is 7.89. The normalized spacial score (nSPS) is 12.1. The highest BCUT2D eigenvalue weighted by Crippen LogP contribution is 2.28. The highest BCUT2D eigenvalue weighted by Gasteiger charge is 2.27. The van der Waals surface area contributed by atoms with Gasteiger partial charge in [-0.05, 0) is 54.8 Å². The third-order valence-electron chi connectivity index (χ3n) is 4.94. The number of anilines is 1. The van der Waals surface area contributed by atoms with E-state index in [0.29, 0.717) is 17.2 Å². The van der Waals surface area contributed by atoms with E-state index in [4.69, 9.17) is 21.1 Å². The first kappa shape index (κ1) is 24.6. The molecule has 3 aromatic rings. The summed E-state index contributed by atoms with van der Waals surface area (Å²) in [7, 11) is -1.13. The molecule has 0 aromatic heterocycles. The molecule has 0 unspecified atom stereocenters. The maximum atomic E-state index is 13.2. The molecule has 7 nitrogen and oxygen atoms in total. The third-order valence-corrected chi connectivity index (χ3v) is 6.71. The molecule has 174 valence electrons. The van der Waals surface area contributed by atoms with Crippen molar-refractivity contribution >= 4 is 33.2 Å². The van der Waals surface area contributed by atoms with Gasteiger partial charge in [0.05, 0.1) is 29.8 Å². The van der Waals surface area contributed by atoms with Crippen LogP contribution >= 0.6 is 11.6 Å². The van der Waals surface area contributed by atoms with Crippen molar-refractivity contribution in [3.05, 3.63) is 82.9 Å². The van der Waals surface area contributed by atoms with Gasteiger partial charge in [0.25, 0.3) is 0 Å². The number of carbonyl (C=O) groups is 1. The smallest absolute Gasteiger partial charge is 0.243 e. The van der Waals surface area contributed by atoms with Crippen molar-refractivity contribution < 1.29 is 22.7 Å². The lowest BCUT2D eigenvalue weighted by atomic mass is 10.1.